The molecule has 1 unspecified atom stereocenters. The Labute approximate surface area is 184 Å². The maximum Gasteiger partial charge on any atom is 0.257 e. The van der Waals surface area contributed by atoms with E-state index in [0.29, 0.717) is 34.0 Å². The summed E-state index contributed by atoms with van der Waals surface area (Å²) in [5.41, 5.74) is 2.66. The molecule has 1 aliphatic rings. The van der Waals surface area contributed by atoms with Crippen LogP contribution in [0.5, 0.6) is 0 Å². The number of aromatic nitrogens is 4. The molecule has 1 saturated heterocycles. The monoisotopic (exact) mass is 433 g/mol. The number of halogens is 1. The van der Waals surface area contributed by atoms with Crippen molar-refractivity contribution in [1.82, 2.24) is 25.1 Å². The third-order valence-corrected chi connectivity index (χ3v) is 5.96. The fourth-order valence-electron chi connectivity index (χ4n) is 4.35. The standard InChI is InChI=1S/C23H24FN7O/c1-13-26-10-18-20(31-7-6-15(12-31)25-2)5-4-17(22(18)27-13)23(32)28-16-8-14-11-30(3)29-21(14)19(24)9-16/h4-5,8-11,15,25H,6-7,12H2,1-3H3,(H,28,32). The Kier molecular flexibility index (Phi) is 4.97. The smallest absolute Gasteiger partial charge is 0.257 e. The number of rotatable bonds is 4. The van der Waals surface area contributed by atoms with Gasteiger partial charge in [0.15, 0.2) is 5.82 Å². The van der Waals surface area contributed by atoms with Gasteiger partial charge in [-0.1, -0.05) is 0 Å². The molecule has 2 aromatic heterocycles. The van der Waals surface area contributed by atoms with E-state index in [1.165, 1.54) is 6.07 Å². The van der Waals surface area contributed by atoms with Crippen molar-refractivity contribution in [2.24, 2.45) is 7.05 Å². The predicted molar refractivity (Wildman–Crippen MR) is 123 cm³/mol. The topological polar surface area (TPSA) is 88.0 Å². The van der Waals surface area contributed by atoms with E-state index in [4.69, 9.17) is 0 Å². The van der Waals surface area contributed by atoms with E-state index in [0.717, 1.165) is 30.6 Å². The van der Waals surface area contributed by atoms with Gasteiger partial charge in [-0.05, 0) is 44.7 Å². The number of amides is 1. The lowest BCUT2D eigenvalue weighted by Gasteiger charge is -2.21. The first-order valence-electron chi connectivity index (χ1n) is 10.6. The molecule has 5 rings (SSSR count). The van der Waals surface area contributed by atoms with Crippen LogP contribution in [0.25, 0.3) is 21.8 Å². The lowest BCUT2D eigenvalue weighted by Crippen LogP contribution is -2.29. The normalized spacial score (nSPS) is 16.2. The summed E-state index contributed by atoms with van der Waals surface area (Å²) < 4.78 is 16.0. The second-order valence-corrected chi connectivity index (χ2v) is 8.18. The Bertz CT molecular complexity index is 1350. The summed E-state index contributed by atoms with van der Waals surface area (Å²) in [5, 5.41) is 11.7. The van der Waals surface area contributed by atoms with Crippen molar-refractivity contribution in [3.63, 3.8) is 0 Å². The molecule has 1 aliphatic heterocycles. The molecule has 9 heteroatoms. The Morgan fingerprint density at radius 1 is 1.25 bits per heavy atom. The maximum atomic E-state index is 14.4. The van der Waals surface area contributed by atoms with E-state index in [1.54, 1.807) is 43.2 Å². The van der Waals surface area contributed by atoms with Crippen LogP contribution in [0.15, 0.2) is 36.7 Å². The molecule has 0 saturated carbocycles. The minimum Gasteiger partial charge on any atom is -0.369 e. The minimum atomic E-state index is -0.482. The number of nitrogens with one attached hydrogen (secondary N) is 2. The summed E-state index contributed by atoms with van der Waals surface area (Å²) in [6.45, 7) is 3.60. The number of hydrogen-bond donors (Lipinski definition) is 2. The maximum absolute atomic E-state index is 14.4. The first-order valence-corrected chi connectivity index (χ1v) is 10.6. The van der Waals surface area contributed by atoms with Crippen LogP contribution in [0.2, 0.25) is 0 Å². The molecule has 32 heavy (non-hydrogen) atoms. The second-order valence-electron chi connectivity index (χ2n) is 8.18. The van der Waals surface area contributed by atoms with Gasteiger partial charge < -0.3 is 15.5 Å². The number of aryl methyl sites for hydroxylation is 2. The molecule has 1 fully saturated rings. The SMILES string of the molecule is CNC1CCN(c2ccc(C(=O)Nc3cc(F)c4nn(C)cc4c3)c3nc(C)ncc23)C1. The lowest BCUT2D eigenvalue weighted by atomic mass is 10.1. The molecule has 3 heterocycles. The molecule has 4 aromatic rings. The van der Waals surface area contributed by atoms with Gasteiger partial charge in [0.05, 0.1) is 11.1 Å². The van der Waals surface area contributed by atoms with Crippen molar-refractivity contribution >= 4 is 39.1 Å². The van der Waals surface area contributed by atoms with Crippen molar-refractivity contribution < 1.29 is 9.18 Å². The van der Waals surface area contributed by atoms with Gasteiger partial charge in [-0.25, -0.2) is 14.4 Å². The number of likely N-dealkylation sites (N-methyl/N-ethyl adjacent to an activating group) is 1. The number of carbonyl (C=O) groups excluding carboxylic acids is 1. The number of anilines is 2. The molecule has 0 aliphatic carbocycles. The zero-order chi connectivity index (χ0) is 22.4. The third-order valence-electron chi connectivity index (χ3n) is 5.96. The Morgan fingerprint density at radius 3 is 2.88 bits per heavy atom. The summed E-state index contributed by atoms with van der Waals surface area (Å²) in [4.78, 5) is 24.4. The Morgan fingerprint density at radius 2 is 2.09 bits per heavy atom. The van der Waals surface area contributed by atoms with Crippen LogP contribution in [-0.2, 0) is 7.05 Å². The number of benzene rings is 2. The summed E-state index contributed by atoms with van der Waals surface area (Å²) in [5.74, 6) is -0.247. The number of fused-ring (bicyclic) bond motifs is 2. The van der Waals surface area contributed by atoms with Crippen LogP contribution in [0.4, 0.5) is 15.8 Å². The average Bonchev–Trinajstić information content (AvgIpc) is 3.39. The molecule has 1 atom stereocenters. The second kappa shape index (κ2) is 7.83. The van der Waals surface area contributed by atoms with Crippen molar-refractivity contribution in [2.45, 2.75) is 19.4 Å². The molecule has 0 radical (unpaired) electrons. The molecule has 1 amide bonds. The predicted octanol–water partition coefficient (Wildman–Crippen LogP) is 3.01. The molecular formula is C23H24FN7O. The van der Waals surface area contributed by atoms with Crippen molar-refractivity contribution in [3.8, 4) is 0 Å². The van der Waals surface area contributed by atoms with E-state index in [1.807, 2.05) is 13.1 Å². The zero-order valence-corrected chi connectivity index (χ0v) is 18.2. The van der Waals surface area contributed by atoms with Crippen LogP contribution in [0.1, 0.15) is 22.6 Å². The minimum absolute atomic E-state index is 0.272. The number of carbonyl (C=O) groups is 1. The zero-order valence-electron chi connectivity index (χ0n) is 18.2. The van der Waals surface area contributed by atoms with Gasteiger partial charge in [0.25, 0.3) is 5.91 Å². The van der Waals surface area contributed by atoms with Crippen molar-refractivity contribution in [2.75, 3.05) is 30.4 Å². The Balaban J connectivity index is 1.52. The van der Waals surface area contributed by atoms with E-state index in [-0.39, 0.29) is 11.4 Å². The van der Waals surface area contributed by atoms with Crippen molar-refractivity contribution in [3.05, 3.63) is 53.9 Å². The molecule has 2 aromatic carbocycles. The molecule has 2 N–H and O–H groups in total. The van der Waals surface area contributed by atoms with Crippen LogP contribution in [-0.4, -0.2) is 51.8 Å². The van der Waals surface area contributed by atoms with Crippen LogP contribution < -0.4 is 15.5 Å². The van der Waals surface area contributed by atoms with E-state index < -0.39 is 5.82 Å². The molecule has 0 bridgehead atoms. The number of nitrogens with zero attached hydrogens (tertiary/aromatic N) is 5. The summed E-state index contributed by atoms with van der Waals surface area (Å²) in [6.07, 6.45) is 4.54. The van der Waals surface area contributed by atoms with Crippen LogP contribution in [0, 0.1) is 12.7 Å². The highest BCUT2D eigenvalue weighted by molar-refractivity contribution is 6.14. The lowest BCUT2D eigenvalue weighted by molar-refractivity contribution is 0.102. The molecular weight excluding hydrogens is 409 g/mol. The number of hydrogen-bond acceptors (Lipinski definition) is 6. The quantitative estimate of drug-likeness (QED) is 0.514. The summed E-state index contributed by atoms with van der Waals surface area (Å²) >= 11 is 0. The summed E-state index contributed by atoms with van der Waals surface area (Å²) in [6, 6.07) is 7.15. The van der Waals surface area contributed by atoms with Gasteiger partial charge in [0.2, 0.25) is 0 Å². The average molecular weight is 433 g/mol. The van der Waals surface area contributed by atoms with E-state index >= 15 is 0 Å². The highest BCUT2D eigenvalue weighted by Gasteiger charge is 2.24. The van der Waals surface area contributed by atoms with Crippen LogP contribution >= 0.6 is 0 Å². The highest BCUT2D eigenvalue weighted by atomic mass is 19.1. The van der Waals surface area contributed by atoms with Gasteiger partial charge in [-0.15, -0.1) is 0 Å². The van der Waals surface area contributed by atoms with E-state index in [9.17, 15) is 9.18 Å². The Hall–Kier alpha value is -3.59. The fraction of sp³-hybridized carbons (Fsp3) is 0.304. The largest absolute Gasteiger partial charge is 0.369 e. The van der Waals surface area contributed by atoms with Gasteiger partial charge in [-0.3, -0.25) is 9.48 Å². The summed E-state index contributed by atoms with van der Waals surface area (Å²) in [7, 11) is 3.70. The molecule has 0 spiro atoms. The highest BCUT2D eigenvalue weighted by Crippen LogP contribution is 2.31. The molecule has 8 nitrogen and oxygen atoms in total. The first-order chi connectivity index (χ1) is 15.4. The van der Waals surface area contributed by atoms with Gasteiger partial charge in [0.1, 0.15) is 11.3 Å². The van der Waals surface area contributed by atoms with Gasteiger partial charge >= 0.3 is 0 Å². The first kappa shape index (κ1) is 20.3. The van der Waals surface area contributed by atoms with Gasteiger partial charge in [-0.2, -0.15) is 5.10 Å². The van der Waals surface area contributed by atoms with E-state index in [2.05, 4.69) is 30.6 Å². The fourth-order valence-corrected chi connectivity index (χ4v) is 4.35. The van der Waals surface area contributed by atoms with Crippen molar-refractivity contribution in [1.29, 1.82) is 0 Å². The molecule has 164 valence electrons. The van der Waals surface area contributed by atoms with Gasteiger partial charge in [0, 0.05) is 60.7 Å². The van der Waals surface area contributed by atoms with Crippen LogP contribution in [0.3, 0.4) is 0 Å². The third kappa shape index (κ3) is 3.54.